The molecule has 4 unspecified atom stereocenters. The average molecular weight is 540 g/mol. The lowest BCUT2D eigenvalue weighted by Gasteiger charge is -2.33. The Kier molecular flexibility index (Phi) is 11.4. The topological polar surface area (TPSA) is 186 Å². The van der Waals surface area contributed by atoms with E-state index in [1.807, 2.05) is 0 Å². The first-order chi connectivity index (χ1) is 15.2. The minimum Gasteiger partial charge on any atom is -0.388 e. The molecule has 1 aliphatic heterocycles. The Morgan fingerprint density at radius 3 is 1.97 bits per heavy atom. The molecule has 0 saturated heterocycles. The van der Waals surface area contributed by atoms with Crippen LogP contribution in [-0.2, 0) is 54.5 Å². The Labute approximate surface area is 192 Å². The van der Waals surface area contributed by atoms with Gasteiger partial charge in [0.1, 0.15) is 6.10 Å². The van der Waals surface area contributed by atoms with Crippen LogP contribution in [0.5, 0.6) is 0 Å². The van der Waals surface area contributed by atoms with Crippen LogP contribution in [-0.4, -0.2) is 70.5 Å². The molecule has 0 fully saturated rings. The Bertz CT molecular complexity index is 835. The highest BCUT2D eigenvalue weighted by molar-refractivity contribution is 7.67. The second-order valence-electron chi connectivity index (χ2n) is 6.94. The number of carbonyl (C=O) groups is 1. The average Bonchev–Trinajstić information content (AvgIpc) is 2.75. The molecule has 0 aromatic heterocycles. The fourth-order valence-electron chi connectivity index (χ4n) is 2.23. The second-order valence-corrected chi connectivity index (χ2v) is 12.6. The molecule has 4 atom stereocenters. The Morgan fingerprint density at radius 1 is 1.00 bits per heavy atom. The minimum atomic E-state index is -4.85. The molecule has 15 nitrogen and oxygen atoms in total. The van der Waals surface area contributed by atoms with Gasteiger partial charge in [0.2, 0.25) is 0 Å². The predicted molar refractivity (Wildman–Crippen MR) is 114 cm³/mol. The van der Waals surface area contributed by atoms with Crippen LogP contribution >= 0.6 is 23.5 Å². The predicted octanol–water partition coefficient (Wildman–Crippen LogP) is 2.05. The zero-order chi connectivity index (χ0) is 25.5. The van der Waals surface area contributed by atoms with Crippen LogP contribution in [0.1, 0.15) is 20.8 Å². The van der Waals surface area contributed by atoms with Gasteiger partial charge in [-0.3, -0.25) is 27.4 Å². The van der Waals surface area contributed by atoms with E-state index in [-0.39, 0.29) is 18.1 Å². The summed E-state index contributed by atoms with van der Waals surface area (Å²) in [6.07, 6.45) is -0.532. The molecule has 0 aromatic carbocycles. The SMILES string of the molecule is COP(=O)(OC)OP(=O)(OC)OP(=O)(OC)OCC(OC(C)C1=CNCNC1=O)C(C)(C)O. The third kappa shape index (κ3) is 9.14. The van der Waals surface area contributed by atoms with Crippen LogP contribution in [0.15, 0.2) is 11.8 Å². The van der Waals surface area contributed by atoms with Gasteiger partial charge in [0.05, 0.1) is 30.6 Å². The van der Waals surface area contributed by atoms with Gasteiger partial charge in [0.25, 0.3) is 5.91 Å². The van der Waals surface area contributed by atoms with Crippen LogP contribution in [0.4, 0.5) is 0 Å². The molecular formula is C15H31N2O13P3. The molecule has 0 radical (unpaired) electrons. The number of rotatable bonds is 15. The van der Waals surface area contributed by atoms with Gasteiger partial charge in [0.15, 0.2) is 0 Å². The summed E-state index contributed by atoms with van der Waals surface area (Å²) in [5, 5.41) is 15.9. The van der Waals surface area contributed by atoms with Gasteiger partial charge in [-0.2, -0.15) is 8.62 Å². The third-order valence-electron chi connectivity index (χ3n) is 4.14. The van der Waals surface area contributed by atoms with E-state index in [1.165, 1.54) is 20.0 Å². The van der Waals surface area contributed by atoms with Crippen molar-refractivity contribution in [1.82, 2.24) is 10.6 Å². The summed E-state index contributed by atoms with van der Waals surface area (Å²) in [6, 6.07) is 0. The van der Waals surface area contributed by atoms with Gasteiger partial charge in [-0.1, -0.05) is 0 Å². The zero-order valence-corrected chi connectivity index (χ0v) is 22.0. The molecule has 1 aliphatic rings. The molecule has 0 bridgehead atoms. The van der Waals surface area contributed by atoms with E-state index in [9.17, 15) is 23.6 Å². The number of aliphatic hydroxyl groups is 1. The van der Waals surface area contributed by atoms with Gasteiger partial charge < -0.3 is 20.5 Å². The third-order valence-corrected chi connectivity index (χ3v) is 9.60. The van der Waals surface area contributed by atoms with Gasteiger partial charge >= 0.3 is 23.5 Å². The van der Waals surface area contributed by atoms with E-state index >= 15 is 0 Å². The molecule has 18 heteroatoms. The summed E-state index contributed by atoms with van der Waals surface area (Å²) < 4.78 is 76.3. The first kappa shape index (κ1) is 30.4. The number of amides is 1. The van der Waals surface area contributed by atoms with Crippen LogP contribution in [0.2, 0.25) is 0 Å². The second kappa shape index (κ2) is 12.3. The van der Waals surface area contributed by atoms with Crippen molar-refractivity contribution in [3.8, 4) is 0 Å². The zero-order valence-electron chi connectivity index (χ0n) is 19.3. The van der Waals surface area contributed by atoms with Gasteiger partial charge in [-0.05, 0) is 20.8 Å². The number of carbonyl (C=O) groups excluding carboxylic acids is 1. The molecule has 3 N–H and O–H groups in total. The number of nitrogens with one attached hydrogen (secondary N) is 2. The molecule has 0 aliphatic carbocycles. The van der Waals surface area contributed by atoms with Gasteiger partial charge in [-0.15, -0.1) is 0 Å². The van der Waals surface area contributed by atoms with Crippen LogP contribution < -0.4 is 10.6 Å². The van der Waals surface area contributed by atoms with E-state index < -0.39 is 47.9 Å². The Morgan fingerprint density at radius 2 is 1.52 bits per heavy atom. The number of phosphoric ester groups is 2. The number of ether oxygens (including phenoxy) is 1. The number of hydrogen-bond donors (Lipinski definition) is 3. The highest BCUT2D eigenvalue weighted by atomic mass is 31.3. The van der Waals surface area contributed by atoms with E-state index in [2.05, 4.69) is 28.5 Å². The van der Waals surface area contributed by atoms with Crippen LogP contribution in [0.25, 0.3) is 0 Å². The van der Waals surface area contributed by atoms with E-state index in [4.69, 9.17) is 18.1 Å². The van der Waals surface area contributed by atoms with Crippen molar-refractivity contribution >= 4 is 29.4 Å². The first-order valence-electron chi connectivity index (χ1n) is 9.36. The summed E-state index contributed by atoms with van der Waals surface area (Å²) in [7, 11) is -10.3. The lowest BCUT2D eigenvalue weighted by atomic mass is 10.0. The Balaban J connectivity index is 2.99. The summed E-state index contributed by atoms with van der Waals surface area (Å²) in [4.78, 5) is 12.0. The summed E-state index contributed by atoms with van der Waals surface area (Å²) in [6.45, 7) is 3.97. The lowest BCUT2D eigenvalue weighted by Crippen LogP contribution is -2.46. The maximum Gasteiger partial charge on any atom is 0.492 e. The molecule has 1 amide bonds. The largest absolute Gasteiger partial charge is 0.492 e. The molecule has 194 valence electrons. The van der Waals surface area contributed by atoms with Crippen molar-refractivity contribution in [1.29, 1.82) is 0 Å². The smallest absolute Gasteiger partial charge is 0.388 e. The van der Waals surface area contributed by atoms with Crippen molar-refractivity contribution in [2.24, 2.45) is 0 Å². The van der Waals surface area contributed by atoms with E-state index in [0.717, 1.165) is 28.4 Å². The van der Waals surface area contributed by atoms with Gasteiger partial charge in [0, 0.05) is 34.6 Å². The fourth-order valence-corrected chi connectivity index (χ4v) is 6.67. The summed E-state index contributed by atoms with van der Waals surface area (Å²) >= 11 is 0. The maximum atomic E-state index is 12.9. The molecule has 1 rings (SSSR count). The van der Waals surface area contributed by atoms with Crippen molar-refractivity contribution in [2.75, 3.05) is 41.7 Å². The first-order valence-corrected chi connectivity index (χ1v) is 13.7. The highest BCUT2D eigenvalue weighted by Crippen LogP contribution is 2.72. The van der Waals surface area contributed by atoms with Gasteiger partial charge in [-0.25, -0.2) is 13.7 Å². The number of hydrogen-bond acceptors (Lipinski definition) is 14. The molecule has 0 spiro atoms. The lowest BCUT2D eigenvalue weighted by molar-refractivity contribution is -0.131. The molecular weight excluding hydrogens is 509 g/mol. The fraction of sp³-hybridized carbons (Fsp3) is 0.800. The van der Waals surface area contributed by atoms with Crippen molar-refractivity contribution < 1.29 is 59.6 Å². The van der Waals surface area contributed by atoms with Crippen LogP contribution in [0.3, 0.4) is 0 Å². The quantitative estimate of drug-likeness (QED) is 0.256. The normalized spacial score (nSPS) is 20.6. The van der Waals surface area contributed by atoms with E-state index in [1.54, 1.807) is 6.92 Å². The van der Waals surface area contributed by atoms with Crippen LogP contribution in [0, 0.1) is 0 Å². The van der Waals surface area contributed by atoms with Crippen molar-refractivity contribution in [3.63, 3.8) is 0 Å². The molecule has 33 heavy (non-hydrogen) atoms. The van der Waals surface area contributed by atoms with Crippen molar-refractivity contribution in [2.45, 2.75) is 38.6 Å². The summed E-state index contributed by atoms with van der Waals surface area (Å²) in [5.74, 6) is -0.374. The minimum absolute atomic E-state index is 0.244. The Hall–Kier alpha value is -0.660. The van der Waals surface area contributed by atoms with Crippen molar-refractivity contribution in [3.05, 3.63) is 11.8 Å². The standard InChI is InChI=1S/C15H31N2O13P3/c1-11(12-8-16-10-17-14(12)18)28-13(15(2,3)19)9-27-32(21,25-6)30-33(22,26-7)29-31(20,23-4)24-5/h8,11,13,16,19H,9-10H2,1-7H3,(H,17,18). The highest BCUT2D eigenvalue weighted by Gasteiger charge is 2.46. The summed E-state index contributed by atoms with van der Waals surface area (Å²) in [5.41, 5.74) is -1.32. The number of phosphoric acid groups is 3. The molecule has 0 saturated carbocycles. The monoisotopic (exact) mass is 540 g/mol. The van der Waals surface area contributed by atoms with E-state index in [0.29, 0.717) is 0 Å². The molecule has 1 heterocycles. The maximum absolute atomic E-state index is 12.9. The molecule has 0 aromatic rings.